The van der Waals surface area contributed by atoms with Crippen LogP contribution in [0.1, 0.15) is 108 Å². The first-order chi connectivity index (χ1) is 29.3. The zero-order valence-corrected chi connectivity index (χ0v) is 35.8. The van der Waals surface area contributed by atoms with Crippen LogP contribution in [0.15, 0.2) is 48.7 Å². The van der Waals surface area contributed by atoms with Crippen molar-refractivity contribution in [3.63, 3.8) is 0 Å². The van der Waals surface area contributed by atoms with Gasteiger partial charge in [0.15, 0.2) is 0 Å². The Morgan fingerprint density at radius 1 is 0.787 bits per heavy atom. The van der Waals surface area contributed by atoms with Crippen LogP contribution in [0.5, 0.6) is 0 Å². The number of alkyl carbamates (subject to hydrolysis) is 2. The van der Waals surface area contributed by atoms with Crippen molar-refractivity contribution in [3.05, 3.63) is 71.4 Å². The number of nitrogens with zero attached hydrogens (tertiary/aromatic N) is 4. The van der Waals surface area contributed by atoms with Crippen molar-refractivity contribution in [2.45, 2.75) is 102 Å². The summed E-state index contributed by atoms with van der Waals surface area (Å²) in [5.41, 5.74) is 4.67. The molecule has 4 N–H and O–H groups in total. The average molecular weight is 833 g/mol. The Labute approximate surface area is 356 Å². The van der Waals surface area contributed by atoms with Crippen molar-refractivity contribution in [1.82, 2.24) is 40.4 Å². The Morgan fingerprint density at radius 2 is 1.41 bits per heavy atom. The normalized spacial score (nSPS) is 22.6. The van der Waals surface area contributed by atoms with Gasteiger partial charge >= 0.3 is 12.2 Å². The smallest absolute Gasteiger partial charge is 0.407 e. The minimum absolute atomic E-state index is 0.110. The summed E-state index contributed by atoms with van der Waals surface area (Å²) in [5, 5.41) is 5.48. The van der Waals surface area contributed by atoms with Crippen LogP contribution in [0.25, 0.3) is 22.3 Å². The van der Waals surface area contributed by atoms with E-state index in [2.05, 4.69) is 32.4 Å². The number of aromatic nitrogens is 4. The van der Waals surface area contributed by atoms with Gasteiger partial charge in [0.25, 0.3) is 0 Å². The molecule has 1 aliphatic carbocycles. The number of methoxy groups -OCH3 is 2. The molecule has 5 heterocycles. The maximum Gasteiger partial charge on any atom is 0.407 e. The molecule has 4 fully saturated rings. The number of fused-ring (bicyclic) bond motifs is 1. The maximum atomic E-state index is 14.1. The fourth-order valence-corrected chi connectivity index (χ4v) is 9.24. The lowest BCUT2D eigenvalue weighted by Crippen LogP contribution is -2.52. The molecule has 2 spiro atoms. The topological polar surface area (TPSA) is 184 Å². The molecule has 2 aromatic heterocycles. The van der Waals surface area contributed by atoms with Gasteiger partial charge in [-0.25, -0.2) is 19.6 Å². The molecule has 61 heavy (non-hydrogen) atoms. The fourth-order valence-electron chi connectivity index (χ4n) is 9.24. The number of imidazole rings is 2. The summed E-state index contributed by atoms with van der Waals surface area (Å²) in [5.74, 6) is 7.40. The highest BCUT2D eigenvalue weighted by atomic mass is 16.5. The summed E-state index contributed by atoms with van der Waals surface area (Å²) in [6, 6.07) is 11.8. The van der Waals surface area contributed by atoms with Gasteiger partial charge in [-0.15, -0.1) is 0 Å². The van der Waals surface area contributed by atoms with Crippen LogP contribution in [0.3, 0.4) is 0 Å². The third kappa shape index (κ3) is 8.68. The van der Waals surface area contributed by atoms with Crippen LogP contribution in [0.2, 0.25) is 0 Å². The van der Waals surface area contributed by atoms with E-state index in [0.717, 1.165) is 77.8 Å². The number of H-pyrrole nitrogens is 2. The van der Waals surface area contributed by atoms with Crippen molar-refractivity contribution in [3.8, 4) is 23.1 Å². The van der Waals surface area contributed by atoms with Crippen molar-refractivity contribution < 1.29 is 33.4 Å². The van der Waals surface area contributed by atoms with Gasteiger partial charge in [-0.3, -0.25) is 9.59 Å². The van der Waals surface area contributed by atoms with E-state index in [9.17, 15) is 19.2 Å². The molecule has 0 bridgehead atoms. The summed E-state index contributed by atoms with van der Waals surface area (Å²) in [6.07, 6.45) is 7.01. The minimum atomic E-state index is -0.761. The summed E-state index contributed by atoms with van der Waals surface area (Å²) < 4.78 is 16.0. The zero-order valence-electron chi connectivity index (χ0n) is 35.8. The summed E-state index contributed by atoms with van der Waals surface area (Å²) in [6.45, 7) is 9.36. The van der Waals surface area contributed by atoms with Crippen LogP contribution in [-0.4, -0.2) is 105 Å². The molecule has 15 heteroatoms. The van der Waals surface area contributed by atoms with E-state index in [-0.39, 0.29) is 41.1 Å². The van der Waals surface area contributed by atoms with E-state index >= 15 is 0 Å². The minimum Gasteiger partial charge on any atom is -0.453 e. The number of aromatic amines is 2. The van der Waals surface area contributed by atoms with Gasteiger partial charge in [0, 0.05) is 30.7 Å². The highest BCUT2D eigenvalue weighted by Gasteiger charge is 2.55. The SMILES string of the molecule is COC(=O)N[C@H](C(=O)N1CC2(CC2)C[C@H]1c1ncc(-c2ccc(C#Cc3ccc4nc([C@@H]5C[C@@]6(CCCCO6)CN5C(=O)[C@@H](NC(=O)OC)C(C)C)[nH]c4c3)cc2)[nH]1)C(C)C. The standard InChI is InChI=1S/C46H56N8O7/c1-27(2)37(51-43(57)59-5)41(55)53-25-45(18-19-45)22-35(53)39-47-24-34(50-39)31-14-11-29(12-15-31)9-10-30-13-16-32-33(21-30)49-40(48-32)36-23-46(17-7-8-20-61-46)26-54(36)42(56)38(28(3)4)52-44(58)60-6/h11-16,21,24,27-28,35-38H,7-8,17-20,22-23,25-26H2,1-6H3,(H,47,50)(H,48,49)(H,51,57)(H,52,58)/t35-,36-,37-,38-,46-/m0/s1. The van der Waals surface area contributed by atoms with Crippen LogP contribution >= 0.6 is 0 Å². The molecule has 3 saturated heterocycles. The lowest BCUT2D eigenvalue weighted by atomic mass is 9.91. The predicted octanol–water partition coefficient (Wildman–Crippen LogP) is 6.38. The first kappa shape index (κ1) is 41.8. The Balaban J connectivity index is 0.973. The molecule has 3 aliphatic heterocycles. The Bertz CT molecular complexity index is 2350. The number of carbonyl (C=O) groups excluding carboxylic acids is 4. The summed E-state index contributed by atoms with van der Waals surface area (Å²) in [4.78, 5) is 72.7. The Hall–Kier alpha value is -5.88. The molecule has 0 radical (unpaired) electrons. The number of nitrogens with one attached hydrogen (secondary N) is 4. The number of carbonyl (C=O) groups is 4. The van der Waals surface area contributed by atoms with Crippen LogP contribution in [0, 0.1) is 29.1 Å². The first-order valence-corrected chi connectivity index (χ1v) is 21.4. The average Bonchev–Trinajstić information content (AvgIpc) is 3.65. The van der Waals surface area contributed by atoms with E-state index in [4.69, 9.17) is 24.2 Å². The molecule has 1 saturated carbocycles. The third-order valence-electron chi connectivity index (χ3n) is 12.9. The van der Waals surface area contributed by atoms with Gasteiger partial charge in [0.1, 0.15) is 23.7 Å². The Morgan fingerprint density at radius 3 is 2.02 bits per heavy atom. The van der Waals surface area contributed by atoms with Crippen molar-refractivity contribution in [2.24, 2.45) is 17.3 Å². The van der Waals surface area contributed by atoms with Crippen molar-refractivity contribution in [1.29, 1.82) is 0 Å². The maximum absolute atomic E-state index is 14.1. The molecule has 322 valence electrons. The molecule has 4 aliphatic rings. The number of benzene rings is 2. The van der Waals surface area contributed by atoms with E-state index < -0.39 is 29.9 Å². The molecule has 0 unspecified atom stereocenters. The second kappa shape index (κ2) is 16.9. The quantitative estimate of drug-likeness (QED) is 0.139. The highest BCUT2D eigenvalue weighted by Crippen LogP contribution is 2.58. The van der Waals surface area contributed by atoms with E-state index in [1.807, 2.05) is 86.2 Å². The van der Waals surface area contributed by atoms with E-state index in [0.29, 0.717) is 31.9 Å². The first-order valence-electron chi connectivity index (χ1n) is 21.4. The molecule has 4 amide bonds. The number of hydrogen-bond donors (Lipinski definition) is 4. The number of ether oxygens (including phenoxy) is 3. The molecular weight excluding hydrogens is 777 g/mol. The van der Waals surface area contributed by atoms with Gasteiger partial charge < -0.3 is 44.6 Å². The molecular formula is C46H56N8O7. The molecule has 2 aromatic carbocycles. The second-order valence-electron chi connectivity index (χ2n) is 17.9. The van der Waals surface area contributed by atoms with Gasteiger partial charge in [-0.2, -0.15) is 0 Å². The van der Waals surface area contributed by atoms with E-state index in [1.54, 1.807) is 0 Å². The largest absolute Gasteiger partial charge is 0.453 e. The lowest BCUT2D eigenvalue weighted by molar-refractivity contribution is -0.137. The summed E-state index contributed by atoms with van der Waals surface area (Å²) in [7, 11) is 2.59. The van der Waals surface area contributed by atoms with Crippen LogP contribution < -0.4 is 10.6 Å². The molecule has 5 atom stereocenters. The molecule has 8 rings (SSSR count). The van der Waals surface area contributed by atoms with Crippen LogP contribution in [0.4, 0.5) is 9.59 Å². The highest BCUT2D eigenvalue weighted by molar-refractivity contribution is 5.87. The molecule has 4 aromatic rings. The lowest BCUT2D eigenvalue weighted by Gasteiger charge is -2.34. The number of rotatable bonds is 9. The predicted molar refractivity (Wildman–Crippen MR) is 227 cm³/mol. The molecule has 15 nitrogen and oxygen atoms in total. The van der Waals surface area contributed by atoms with Gasteiger partial charge in [0.2, 0.25) is 11.8 Å². The number of likely N-dealkylation sites (tertiary alicyclic amines) is 2. The Kier molecular flexibility index (Phi) is 11.6. The van der Waals surface area contributed by atoms with Gasteiger partial charge in [-0.1, -0.05) is 51.7 Å². The van der Waals surface area contributed by atoms with Gasteiger partial charge in [-0.05, 0) is 91.7 Å². The van der Waals surface area contributed by atoms with E-state index in [1.165, 1.54) is 14.2 Å². The fraction of sp³-hybridized carbons (Fsp3) is 0.522. The van der Waals surface area contributed by atoms with Crippen molar-refractivity contribution in [2.75, 3.05) is 33.9 Å². The third-order valence-corrected chi connectivity index (χ3v) is 12.9. The van der Waals surface area contributed by atoms with Crippen molar-refractivity contribution >= 4 is 35.0 Å². The monoisotopic (exact) mass is 832 g/mol. The number of amides is 4. The summed E-state index contributed by atoms with van der Waals surface area (Å²) >= 11 is 0. The zero-order chi connectivity index (χ0) is 43.1. The van der Waals surface area contributed by atoms with Gasteiger partial charge in [0.05, 0.1) is 61.4 Å². The second-order valence-corrected chi connectivity index (χ2v) is 17.9. The van der Waals surface area contributed by atoms with Crippen LogP contribution in [-0.2, 0) is 23.8 Å². The number of hydrogen-bond acceptors (Lipinski definition) is 9.